The molecular formula is C18H31N3O. The van der Waals surface area contributed by atoms with Crippen LogP contribution in [0.5, 0.6) is 0 Å². The minimum atomic E-state index is -0.423. The molecule has 2 aliphatic rings. The highest BCUT2D eigenvalue weighted by atomic mass is 16.3. The van der Waals surface area contributed by atoms with E-state index in [4.69, 9.17) is 0 Å². The number of imidazole rings is 1. The van der Waals surface area contributed by atoms with Crippen LogP contribution in [0.4, 0.5) is 0 Å². The van der Waals surface area contributed by atoms with E-state index in [-0.39, 0.29) is 0 Å². The highest BCUT2D eigenvalue weighted by molar-refractivity contribution is 4.99. The Bertz CT molecular complexity index is 473. The van der Waals surface area contributed by atoms with E-state index in [1.165, 1.54) is 45.2 Å². The maximum absolute atomic E-state index is 10.7. The second-order valence-corrected chi connectivity index (χ2v) is 7.64. The topological polar surface area (TPSA) is 41.3 Å². The molecule has 2 fully saturated rings. The van der Waals surface area contributed by atoms with Gasteiger partial charge in [-0.05, 0) is 44.1 Å². The molecule has 0 radical (unpaired) electrons. The smallest absolute Gasteiger partial charge is 0.137 e. The summed E-state index contributed by atoms with van der Waals surface area (Å²) in [7, 11) is 1.97. The Morgan fingerprint density at radius 3 is 2.91 bits per heavy atom. The van der Waals surface area contributed by atoms with Crippen molar-refractivity contribution in [3.05, 3.63) is 18.2 Å². The summed E-state index contributed by atoms with van der Waals surface area (Å²) in [6.07, 6.45) is 11.2. The lowest BCUT2D eigenvalue weighted by molar-refractivity contribution is 0.0342. The summed E-state index contributed by atoms with van der Waals surface area (Å²) in [6, 6.07) is 0. The third-order valence-corrected chi connectivity index (χ3v) is 5.67. The zero-order valence-electron chi connectivity index (χ0n) is 14.1. The van der Waals surface area contributed by atoms with Gasteiger partial charge < -0.3 is 14.6 Å². The number of hydrogen-bond donors (Lipinski definition) is 1. The van der Waals surface area contributed by atoms with E-state index >= 15 is 0 Å². The summed E-state index contributed by atoms with van der Waals surface area (Å²) in [6.45, 7) is 5.86. The molecule has 124 valence electrons. The van der Waals surface area contributed by atoms with Gasteiger partial charge in [0, 0.05) is 38.4 Å². The van der Waals surface area contributed by atoms with Gasteiger partial charge in [0.2, 0.25) is 0 Å². The van der Waals surface area contributed by atoms with Gasteiger partial charge in [-0.25, -0.2) is 4.98 Å². The van der Waals surface area contributed by atoms with Gasteiger partial charge in [-0.3, -0.25) is 0 Å². The Morgan fingerprint density at radius 1 is 1.32 bits per heavy atom. The first-order valence-electron chi connectivity index (χ1n) is 9.01. The van der Waals surface area contributed by atoms with E-state index in [1.807, 2.05) is 17.8 Å². The molecule has 0 amide bonds. The molecule has 1 saturated carbocycles. The van der Waals surface area contributed by atoms with Crippen molar-refractivity contribution in [1.82, 2.24) is 14.5 Å². The molecular weight excluding hydrogens is 274 g/mol. The lowest BCUT2D eigenvalue weighted by Gasteiger charge is -2.38. The normalized spacial score (nSPS) is 32.0. The van der Waals surface area contributed by atoms with E-state index in [9.17, 15) is 5.11 Å². The largest absolute Gasteiger partial charge is 0.385 e. The summed E-state index contributed by atoms with van der Waals surface area (Å²) < 4.78 is 1.95. The molecule has 4 heteroatoms. The summed E-state index contributed by atoms with van der Waals surface area (Å²) in [5.74, 6) is 2.92. The van der Waals surface area contributed by atoms with Crippen LogP contribution >= 0.6 is 0 Å². The van der Waals surface area contributed by atoms with Crippen LogP contribution in [0, 0.1) is 17.8 Å². The average molecular weight is 305 g/mol. The van der Waals surface area contributed by atoms with Crippen molar-refractivity contribution < 1.29 is 5.11 Å². The fourth-order valence-electron chi connectivity index (χ4n) is 4.48. The van der Waals surface area contributed by atoms with Crippen LogP contribution in [0.1, 0.15) is 57.4 Å². The quantitative estimate of drug-likeness (QED) is 0.930. The predicted octanol–water partition coefficient (Wildman–Crippen LogP) is 2.99. The van der Waals surface area contributed by atoms with Crippen molar-refractivity contribution in [2.75, 3.05) is 19.6 Å². The van der Waals surface area contributed by atoms with Crippen LogP contribution in [0.3, 0.4) is 0 Å². The van der Waals surface area contributed by atoms with Crippen LogP contribution < -0.4 is 0 Å². The number of nitrogens with zero attached hydrogens (tertiary/aromatic N) is 3. The lowest BCUT2D eigenvalue weighted by atomic mass is 9.81. The monoisotopic (exact) mass is 305 g/mol. The third kappa shape index (κ3) is 3.72. The van der Waals surface area contributed by atoms with Crippen LogP contribution in [0.2, 0.25) is 0 Å². The lowest BCUT2D eigenvalue weighted by Crippen LogP contribution is -2.41. The molecule has 2 heterocycles. The first kappa shape index (κ1) is 16.0. The molecule has 0 spiro atoms. The van der Waals surface area contributed by atoms with Crippen LogP contribution in [-0.4, -0.2) is 39.2 Å². The van der Waals surface area contributed by atoms with Crippen LogP contribution in [-0.2, 0) is 7.05 Å². The molecule has 4 nitrogen and oxygen atoms in total. The maximum atomic E-state index is 10.7. The van der Waals surface area contributed by atoms with Gasteiger partial charge in [0.25, 0.3) is 0 Å². The summed E-state index contributed by atoms with van der Waals surface area (Å²) in [4.78, 5) is 6.94. The molecule has 1 aromatic rings. The number of aliphatic hydroxyl groups is 1. The number of aromatic nitrogens is 2. The molecule has 1 aliphatic carbocycles. The minimum Gasteiger partial charge on any atom is -0.385 e. The summed E-state index contributed by atoms with van der Waals surface area (Å²) >= 11 is 0. The van der Waals surface area contributed by atoms with Crippen LogP contribution in [0.15, 0.2) is 12.4 Å². The number of hydrogen-bond acceptors (Lipinski definition) is 3. The molecule has 1 saturated heterocycles. The van der Waals surface area contributed by atoms with E-state index in [0.717, 1.165) is 30.6 Å². The van der Waals surface area contributed by atoms with Gasteiger partial charge in [0.1, 0.15) is 11.9 Å². The predicted molar refractivity (Wildman–Crippen MR) is 88.5 cm³/mol. The van der Waals surface area contributed by atoms with Gasteiger partial charge in [-0.2, -0.15) is 0 Å². The maximum Gasteiger partial charge on any atom is 0.137 e. The number of rotatable bonds is 4. The SMILES string of the molecule is CC1CCCC(CN2CCCC(C(O)c3nccn3C)C2)C1. The van der Waals surface area contributed by atoms with Crippen molar-refractivity contribution >= 4 is 0 Å². The highest BCUT2D eigenvalue weighted by Crippen LogP contribution is 2.32. The Labute approximate surface area is 134 Å². The first-order chi connectivity index (χ1) is 10.6. The molecule has 1 aliphatic heterocycles. The van der Waals surface area contributed by atoms with Gasteiger partial charge >= 0.3 is 0 Å². The fraction of sp³-hybridized carbons (Fsp3) is 0.833. The van der Waals surface area contributed by atoms with Crippen molar-refractivity contribution in [3.8, 4) is 0 Å². The number of piperidine rings is 1. The van der Waals surface area contributed by atoms with Gasteiger partial charge in [-0.15, -0.1) is 0 Å². The van der Waals surface area contributed by atoms with Gasteiger partial charge in [0.15, 0.2) is 0 Å². The zero-order chi connectivity index (χ0) is 15.5. The van der Waals surface area contributed by atoms with E-state index in [1.54, 1.807) is 6.20 Å². The van der Waals surface area contributed by atoms with Gasteiger partial charge in [-0.1, -0.05) is 19.8 Å². The summed E-state index contributed by atoms with van der Waals surface area (Å²) in [5, 5.41) is 10.7. The fourth-order valence-corrected chi connectivity index (χ4v) is 4.48. The van der Waals surface area contributed by atoms with E-state index in [2.05, 4.69) is 16.8 Å². The molecule has 4 unspecified atom stereocenters. The van der Waals surface area contributed by atoms with Gasteiger partial charge in [0.05, 0.1) is 0 Å². The van der Waals surface area contributed by atoms with E-state index in [0.29, 0.717) is 5.92 Å². The number of aryl methyl sites for hydroxylation is 1. The van der Waals surface area contributed by atoms with Crippen molar-refractivity contribution in [3.63, 3.8) is 0 Å². The zero-order valence-corrected chi connectivity index (χ0v) is 14.1. The van der Waals surface area contributed by atoms with Crippen molar-refractivity contribution in [1.29, 1.82) is 0 Å². The standard InChI is InChI=1S/C18H31N3O/c1-14-5-3-6-15(11-14)12-21-9-4-7-16(13-21)17(22)18-19-8-10-20(18)2/h8,10,14-17,22H,3-7,9,11-13H2,1-2H3. The second kappa shape index (κ2) is 7.14. The molecule has 0 bridgehead atoms. The Morgan fingerprint density at radius 2 is 2.18 bits per heavy atom. The first-order valence-corrected chi connectivity index (χ1v) is 9.01. The summed E-state index contributed by atoms with van der Waals surface area (Å²) in [5.41, 5.74) is 0. The Balaban J connectivity index is 1.56. The Hall–Kier alpha value is -0.870. The Kier molecular flexibility index (Phi) is 5.19. The molecule has 1 N–H and O–H groups in total. The molecule has 4 atom stereocenters. The highest BCUT2D eigenvalue weighted by Gasteiger charge is 2.30. The van der Waals surface area contributed by atoms with Crippen molar-refractivity contribution in [2.24, 2.45) is 24.8 Å². The molecule has 22 heavy (non-hydrogen) atoms. The molecule has 1 aromatic heterocycles. The average Bonchev–Trinajstić information content (AvgIpc) is 2.93. The number of likely N-dealkylation sites (tertiary alicyclic amines) is 1. The second-order valence-electron chi connectivity index (χ2n) is 7.64. The molecule has 3 rings (SSSR count). The minimum absolute atomic E-state index is 0.330. The third-order valence-electron chi connectivity index (χ3n) is 5.67. The molecule has 0 aromatic carbocycles. The van der Waals surface area contributed by atoms with Crippen molar-refractivity contribution in [2.45, 2.75) is 51.6 Å². The number of aliphatic hydroxyl groups excluding tert-OH is 1. The van der Waals surface area contributed by atoms with Crippen LogP contribution in [0.25, 0.3) is 0 Å². The van der Waals surface area contributed by atoms with E-state index < -0.39 is 6.10 Å².